The van der Waals surface area contributed by atoms with Crippen LogP contribution in [-0.2, 0) is 0 Å². The third-order valence-corrected chi connectivity index (χ3v) is 14.4. The number of hydrogen-bond donors (Lipinski definition) is 0. The van der Waals surface area contributed by atoms with Gasteiger partial charge in [0.15, 0.2) is 0 Å². The Kier molecular flexibility index (Phi) is 9.53. The van der Waals surface area contributed by atoms with E-state index in [4.69, 9.17) is 4.42 Å². The summed E-state index contributed by atoms with van der Waals surface area (Å²) in [6, 6.07) is 96.7. The van der Waals surface area contributed by atoms with Gasteiger partial charge in [-0.05, 0) is 111 Å². The van der Waals surface area contributed by atoms with Crippen molar-refractivity contribution in [1.29, 1.82) is 0 Å². The first-order chi connectivity index (χ1) is 35.2. The van der Waals surface area contributed by atoms with E-state index < -0.39 is 0 Å². The summed E-state index contributed by atoms with van der Waals surface area (Å²) in [6.07, 6.45) is 0. The average Bonchev–Trinajstić information content (AvgIpc) is 4.00. The molecule has 0 amide bonds. The number of aromatic nitrogens is 1. The van der Waals surface area contributed by atoms with Crippen LogP contribution in [0.5, 0.6) is 0 Å². The zero-order valence-electron chi connectivity index (χ0n) is 38.7. The smallest absolute Gasteiger partial charge is 0.143 e. The van der Waals surface area contributed by atoms with Crippen LogP contribution < -0.4 is 4.90 Å². The molecular formula is C68H44N2O. The minimum Gasteiger partial charge on any atom is -0.455 e. The van der Waals surface area contributed by atoms with Crippen molar-refractivity contribution in [3.8, 4) is 50.2 Å². The Morgan fingerprint density at radius 3 is 1.54 bits per heavy atom. The van der Waals surface area contributed by atoms with E-state index in [2.05, 4.69) is 276 Å². The first kappa shape index (κ1) is 40.6. The van der Waals surface area contributed by atoms with Gasteiger partial charge in [-0.25, -0.2) is 0 Å². The number of furan rings is 1. The second-order valence-corrected chi connectivity index (χ2v) is 18.4. The van der Waals surface area contributed by atoms with Gasteiger partial charge in [0, 0.05) is 55.0 Å². The summed E-state index contributed by atoms with van der Waals surface area (Å²) in [6.45, 7) is 0. The molecule has 3 nitrogen and oxygen atoms in total. The molecule has 14 aromatic rings. The van der Waals surface area contributed by atoms with Gasteiger partial charge in [-0.2, -0.15) is 0 Å². The van der Waals surface area contributed by atoms with Crippen molar-refractivity contribution >= 4 is 82.4 Å². The van der Waals surface area contributed by atoms with Gasteiger partial charge in [-0.15, -0.1) is 0 Å². The lowest BCUT2D eigenvalue weighted by Gasteiger charge is -2.29. The molecule has 12 aromatic carbocycles. The van der Waals surface area contributed by atoms with Crippen LogP contribution in [0.25, 0.3) is 115 Å². The van der Waals surface area contributed by atoms with Crippen LogP contribution in [0.4, 0.5) is 17.1 Å². The van der Waals surface area contributed by atoms with Crippen molar-refractivity contribution < 1.29 is 4.42 Å². The fourth-order valence-electron chi connectivity index (χ4n) is 11.0. The number of rotatable bonds is 8. The summed E-state index contributed by atoms with van der Waals surface area (Å²) in [7, 11) is 0. The van der Waals surface area contributed by atoms with E-state index >= 15 is 0 Å². The molecule has 3 heteroatoms. The molecule has 332 valence electrons. The molecule has 0 atom stereocenters. The number of anilines is 3. The van der Waals surface area contributed by atoms with Crippen LogP contribution >= 0.6 is 0 Å². The molecule has 0 spiro atoms. The predicted octanol–water partition coefficient (Wildman–Crippen LogP) is 19.1. The standard InChI is InChI=1S/C68H44N2O/c1-2-16-46(17-3-1)62-44-52(51-30-29-45-15-4-5-19-50(45)43-51)36-42-66(62)69(54-39-33-49(34-40-54)57-24-14-25-60-61-41-35-47-18-6-7-21-56(47)68(61)71-67(57)60)53-37-31-48(32-38-53)55-20-8-11-26-63(55)70-64-27-12-9-22-58(64)59-23-10-13-28-65(59)70/h1-44H. The van der Waals surface area contributed by atoms with Gasteiger partial charge in [0.05, 0.1) is 22.4 Å². The van der Waals surface area contributed by atoms with Gasteiger partial charge in [0.2, 0.25) is 0 Å². The summed E-state index contributed by atoms with van der Waals surface area (Å²) in [5.41, 5.74) is 17.6. The number of hydrogen-bond acceptors (Lipinski definition) is 2. The Bertz CT molecular complexity index is 4280. The molecule has 0 saturated heterocycles. The number of para-hydroxylation sites is 4. The predicted molar refractivity (Wildman–Crippen MR) is 299 cm³/mol. The summed E-state index contributed by atoms with van der Waals surface area (Å²) in [5.74, 6) is 0. The van der Waals surface area contributed by atoms with E-state index in [9.17, 15) is 0 Å². The summed E-state index contributed by atoms with van der Waals surface area (Å²) in [4.78, 5) is 2.41. The van der Waals surface area contributed by atoms with Crippen molar-refractivity contribution in [3.63, 3.8) is 0 Å². The van der Waals surface area contributed by atoms with Crippen LogP contribution in [0, 0.1) is 0 Å². The molecule has 14 rings (SSSR count). The SMILES string of the molecule is c1ccc(-c2cc(-c3ccc4ccccc4c3)ccc2N(c2ccc(-c3ccccc3-n3c4ccccc4c4ccccc43)cc2)c2ccc(-c3cccc4c3oc3c5ccccc5ccc43)cc2)cc1. The summed E-state index contributed by atoms with van der Waals surface area (Å²) >= 11 is 0. The van der Waals surface area contributed by atoms with Crippen LogP contribution in [0.15, 0.2) is 271 Å². The maximum atomic E-state index is 6.81. The number of nitrogens with zero attached hydrogens (tertiary/aromatic N) is 2. The molecule has 0 aliphatic carbocycles. The zero-order valence-corrected chi connectivity index (χ0v) is 38.7. The summed E-state index contributed by atoms with van der Waals surface area (Å²) in [5, 5.41) is 9.50. The minimum atomic E-state index is 0.899. The largest absolute Gasteiger partial charge is 0.455 e. The lowest BCUT2D eigenvalue weighted by Crippen LogP contribution is -2.11. The second-order valence-electron chi connectivity index (χ2n) is 18.4. The Balaban J connectivity index is 0.924. The third-order valence-electron chi connectivity index (χ3n) is 14.4. The number of benzene rings is 12. The first-order valence-electron chi connectivity index (χ1n) is 24.3. The van der Waals surface area contributed by atoms with Crippen LogP contribution in [0.2, 0.25) is 0 Å². The quantitative estimate of drug-likeness (QED) is 0.151. The van der Waals surface area contributed by atoms with E-state index in [0.717, 1.165) is 83.5 Å². The van der Waals surface area contributed by atoms with Crippen LogP contribution in [0.3, 0.4) is 0 Å². The molecule has 0 aliphatic heterocycles. The molecule has 0 bridgehead atoms. The van der Waals surface area contributed by atoms with Gasteiger partial charge in [-0.3, -0.25) is 0 Å². The first-order valence-corrected chi connectivity index (χ1v) is 24.3. The molecule has 0 aliphatic rings. The highest BCUT2D eigenvalue weighted by Gasteiger charge is 2.21. The Morgan fingerprint density at radius 2 is 0.789 bits per heavy atom. The molecule has 0 fully saturated rings. The molecule has 71 heavy (non-hydrogen) atoms. The lowest BCUT2D eigenvalue weighted by molar-refractivity contribution is 0.674. The molecular weight excluding hydrogens is 861 g/mol. The van der Waals surface area contributed by atoms with Crippen LogP contribution in [0.1, 0.15) is 0 Å². The van der Waals surface area contributed by atoms with E-state index in [1.807, 2.05) is 0 Å². The molecule has 0 N–H and O–H groups in total. The molecule has 0 saturated carbocycles. The van der Waals surface area contributed by atoms with E-state index in [1.54, 1.807) is 0 Å². The van der Waals surface area contributed by atoms with Crippen molar-refractivity contribution in [2.75, 3.05) is 4.90 Å². The normalized spacial score (nSPS) is 11.7. The maximum Gasteiger partial charge on any atom is 0.143 e. The van der Waals surface area contributed by atoms with E-state index in [0.29, 0.717) is 0 Å². The Hall–Kier alpha value is -9.44. The molecule has 2 aromatic heterocycles. The van der Waals surface area contributed by atoms with Gasteiger partial charge < -0.3 is 13.9 Å². The zero-order chi connectivity index (χ0) is 46.8. The fraction of sp³-hybridized carbons (Fsp3) is 0. The molecule has 0 unspecified atom stereocenters. The second kappa shape index (κ2) is 16.7. The Morgan fingerprint density at radius 1 is 0.282 bits per heavy atom. The van der Waals surface area contributed by atoms with Crippen molar-refractivity contribution in [3.05, 3.63) is 267 Å². The lowest BCUT2D eigenvalue weighted by atomic mass is 9.94. The Labute approximate surface area is 411 Å². The highest BCUT2D eigenvalue weighted by atomic mass is 16.3. The molecule has 2 heterocycles. The van der Waals surface area contributed by atoms with E-state index in [-0.39, 0.29) is 0 Å². The van der Waals surface area contributed by atoms with Gasteiger partial charge >= 0.3 is 0 Å². The monoisotopic (exact) mass is 904 g/mol. The summed E-state index contributed by atoms with van der Waals surface area (Å²) < 4.78 is 9.23. The highest BCUT2D eigenvalue weighted by molar-refractivity contribution is 6.17. The third kappa shape index (κ3) is 6.82. The van der Waals surface area contributed by atoms with E-state index in [1.165, 1.54) is 49.1 Å². The van der Waals surface area contributed by atoms with Crippen LogP contribution in [-0.4, -0.2) is 4.57 Å². The van der Waals surface area contributed by atoms with Gasteiger partial charge in [0.1, 0.15) is 11.2 Å². The molecule has 0 radical (unpaired) electrons. The van der Waals surface area contributed by atoms with Gasteiger partial charge in [0.25, 0.3) is 0 Å². The minimum absolute atomic E-state index is 0.899. The topological polar surface area (TPSA) is 21.3 Å². The van der Waals surface area contributed by atoms with Crippen molar-refractivity contribution in [1.82, 2.24) is 4.57 Å². The van der Waals surface area contributed by atoms with Crippen molar-refractivity contribution in [2.45, 2.75) is 0 Å². The van der Waals surface area contributed by atoms with Gasteiger partial charge in [-0.1, -0.05) is 200 Å². The number of fused-ring (bicyclic) bond motifs is 9. The maximum absolute atomic E-state index is 6.81. The fourth-order valence-corrected chi connectivity index (χ4v) is 11.0. The average molecular weight is 905 g/mol. The van der Waals surface area contributed by atoms with Crippen molar-refractivity contribution in [2.24, 2.45) is 0 Å². The highest BCUT2D eigenvalue weighted by Crippen LogP contribution is 2.46.